The van der Waals surface area contributed by atoms with Crippen molar-refractivity contribution in [3.8, 4) is 0 Å². The lowest BCUT2D eigenvalue weighted by molar-refractivity contribution is -0.120. The summed E-state index contributed by atoms with van der Waals surface area (Å²) in [6, 6.07) is 16.2. The van der Waals surface area contributed by atoms with Crippen molar-refractivity contribution in [2.45, 2.75) is 59.4 Å². The lowest BCUT2D eigenvalue weighted by Gasteiger charge is -2.27. The van der Waals surface area contributed by atoms with Crippen LogP contribution >= 0.6 is 0 Å². The Balaban J connectivity index is 1.95. The van der Waals surface area contributed by atoms with E-state index in [1.165, 1.54) is 9.87 Å². The second-order valence-corrected chi connectivity index (χ2v) is 11.1. The Labute approximate surface area is 203 Å². The fourth-order valence-corrected chi connectivity index (χ4v) is 5.65. The Morgan fingerprint density at radius 3 is 2.00 bits per heavy atom. The Morgan fingerprint density at radius 1 is 0.794 bits per heavy atom. The number of hydrogen-bond acceptors (Lipinski definition) is 3. The molecule has 3 aromatic rings. The highest BCUT2D eigenvalue weighted by Crippen LogP contribution is 2.28. The highest BCUT2D eigenvalue weighted by atomic mass is 32.2. The van der Waals surface area contributed by atoms with Crippen LogP contribution in [0.15, 0.2) is 59.5 Å². The number of nitrogens with one attached hydrogen (secondary N) is 1. The molecule has 0 aliphatic carbocycles. The molecule has 1 amide bonds. The molecule has 34 heavy (non-hydrogen) atoms. The number of rotatable bonds is 7. The molecule has 0 heterocycles. The predicted molar refractivity (Wildman–Crippen MR) is 139 cm³/mol. The van der Waals surface area contributed by atoms with Gasteiger partial charge in [-0.15, -0.1) is 0 Å². The van der Waals surface area contributed by atoms with E-state index in [4.69, 9.17) is 0 Å². The van der Waals surface area contributed by atoms with Crippen LogP contribution in [-0.2, 0) is 14.8 Å². The molecular formula is C28H34N2O3S. The first-order chi connectivity index (χ1) is 15.9. The average Bonchev–Trinajstić information content (AvgIpc) is 2.75. The van der Waals surface area contributed by atoms with Gasteiger partial charge in [0.2, 0.25) is 5.91 Å². The van der Waals surface area contributed by atoms with E-state index in [9.17, 15) is 13.2 Å². The first kappa shape index (κ1) is 25.5. The number of carbonyl (C=O) groups excluding carboxylic acids is 1. The minimum absolute atomic E-state index is 0.156. The highest BCUT2D eigenvalue weighted by molar-refractivity contribution is 7.92. The number of amides is 1. The van der Waals surface area contributed by atoms with Crippen LogP contribution in [-0.4, -0.2) is 20.9 Å². The molecule has 5 nitrogen and oxygen atoms in total. The monoisotopic (exact) mass is 478 g/mol. The van der Waals surface area contributed by atoms with Crippen molar-refractivity contribution in [2.24, 2.45) is 0 Å². The first-order valence-corrected chi connectivity index (χ1v) is 12.9. The zero-order valence-electron chi connectivity index (χ0n) is 21.1. The summed E-state index contributed by atoms with van der Waals surface area (Å²) in [5.74, 6) is -0.360. The number of nitrogens with zero attached hydrogens (tertiary/aromatic N) is 1. The SMILES string of the molecule is Cc1ccc(S(=O)(=O)N(CC(=O)N[C@H](C)c2cc(C)c(C)cc2C)c2ccc(C)cc2C)cc1. The third-order valence-electron chi connectivity index (χ3n) is 6.24. The Kier molecular flexibility index (Phi) is 7.51. The molecule has 0 aliphatic heterocycles. The summed E-state index contributed by atoms with van der Waals surface area (Å²) < 4.78 is 28.5. The van der Waals surface area contributed by atoms with Crippen LogP contribution in [0.2, 0.25) is 0 Å². The smallest absolute Gasteiger partial charge is 0.264 e. The van der Waals surface area contributed by atoms with Gasteiger partial charge in [0, 0.05) is 0 Å². The van der Waals surface area contributed by atoms with Crippen molar-refractivity contribution >= 4 is 21.6 Å². The normalized spacial score (nSPS) is 12.3. The second kappa shape index (κ2) is 10.0. The maximum Gasteiger partial charge on any atom is 0.264 e. The van der Waals surface area contributed by atoms with Crippen molar-refractivity contribution in [1.82, 2.24) is 5.32 Å². The van der Waals surface area contributed by atoms with E-state index in [0.717, 1.165) is 33.4 Å². The number of anilines is 1. The van der Waals surface area contributed by atoms with Gasteiger partial charge in [0.1, 0.15) is 6.54 Å². The maximum atomic E-state index is 13.7. The largest absolute Gasteiger partial charge is 0.348 e. The number of benzene rings is 3. The van der Waals surface area contributed by atoms with Crippen molar-refractivity contribution in [1.29, 1.82) is 0 Å². The zero-order valence-corrected chi connectivity index (χ0v) is 21.9. The third-order valence-corrected chi connectivity index (χ3v) is 8.02. The lowest BCUT2D eigenvalue weighted by atomic mass is 9.96. The van der Waals surface area contributed by atoms with Crippen molar-refractivity contribution < 1.29 is 13.2 Å². The number of hydrogen-bond donors (Lipinski definition) is 1. The van der Waals surface area contributed by atoms with E-state index in [-0.39, 0.29) is 23.4 Å². The predicted octanol–water partition coefficient (Wildman–Crippen LogP) is 5.61. The Bertz CT molecular complexity index is 1310. The summed E-state index contributed by atoms with van der Waals surface area (Å²) in [6.07, 6.45) is 0. The molecule has 0 saturated carbocycles. The summed E-state index contributed by atoms with van der Waals surface area (Å²) in [4.78, 5) is 13.3. The van der Waals surface area contributed by atoms with Gasteiger partial charge < -0.3 is 5.32 Å². The van der Waals surface area contributed by atoms with Gasteiger partial charge >= 0.3 is 0 Å². The lowest BCUT2D eigenvalue weighted by Crippen LogP contribution is -2.42. The van der Waals surface area contributed by atoms with Gasteiger partial charge in [0.05, 0.1) is 16.6 Å². The van der Waals surface area contributed by atoms with E-state index < -0.39 is 10.0 Å². The van der Waals surface area contributed by atoms with E-state index in [1.807, 2.05) is 53.7 Å². The molecule has 0 aromatic heterocycles. The highest BCUT2D eigenvalue weighted by Gasteiger charge is 2.29. The minimum atomic E-state index is -3.95. The topological polar surface area (TPSA) is 66.5 Å². The van der Waals surface area contributed by atoms with Crippen molar-refractivity contribution in [3.05, 3.63) is 93.5 Å². The molecule has 0 fully saturated rings. The second-order valence-electron chi connectivity index (χ2n) is 9.20. The van der Waals surface area contributed by atoms with E-state index in [1.54, 1.807) is 30.3 Å². The summed E-state index contributed by atoms with van der Waals surface area (Å²) in [6.45, 7) is 13.5. The first-order valence-electron chi connectivity index (χ1n) is 11.4. The van der Waals surface area contributed by atoms with E-state index >= 15 is 0 Å². The van der Waals surface area contributed by atoms with Gasteiger partial charge in [-0.3, -0.25) is 9.10 Å². The summed E-state index contributed by atoms with van der Waals surface area (Å²) in [7, 11) is -3.95. The number of sulfonamides is 1. The molecule has 1 atom stereocenters. The standard InChI is InChI=1S/C28H34N2O3S/c1-18-8-11-25(12-9-18)34(32,33)30(27-13-10-19(2)14-23(27)6)17-28(31)29-24(7)26-16-21(4)20(3)15-22(26)5/h8-16,24H,17H2,1-7H3,(H,29,31)/t24-/m1/s1. The molecule has 0 radical (unpaired) electrons. The molecular weight excluding hydrogens is 444 g/mol. The molecule has 180 valence electrons. The van der Waals surface area contributed by atoms with Crippen LogP contribution < -0.4 is 9.62 Å². The Morgan fingerprint density at radius 2 is 1.38 bits per heavy atom. The van der Waals surface area contributed by atoms with Gasteiger partial charge in [0.25, 0.3) is 10.0 Å². The zero-order chi connectivity index (χ0) is 25.2. The summed E-state index contributed by atoms with van der Waals surface area (Å²) in [5.41, 5.74) is 7.75. The van der Waals surface area contributed by atoms with Crippen LogP contribution in [0.25, 0.3) is 0 Å². The molecule has 1 N–H and O–H groups in total. The van der Waals surface area contributed by atoms with Crippen molar-refractivity contribution in [2.75, 3.05) is 10.8 Å². The molecule has 6 heteroatoms. The van der Waals surface area contributed by atoms with Gasteiger partial charge in [0.15, 0.2) is 0 Å². The van der Waals surface area contributed by atoms with Gasteiger partial charge in [-0.1, -0.05) is 47.5 Å². The summed E-state index contributed by atoms with van der Waals surface area (Å²) in [5, 5.41) is 3.00. The van der Waals surface area contributed by atoms with E-state index in [2.05, 4.69) is 24.4 Å². The fraction of sp³-hybridized carbons (Fsp3) is 0.321. The van der Waals surface area contributed by atoms with Gasteiger partial charge in [-0.25, -0.2) is 8.42 Å². The molecule has 0 spiro atoms. The number of carbonyl (C=O) groups is 1. The quantitative estimate of drug-likeness (QED) is 0.480. The fourth-order valence-electron chi connectivity index (χ4n) is 4.17. The van der Waals surface area contributed by atoms with Gasteiger partial charge in [-0.05, 0) is 94.5 Å². The third kappa shape index (κ3) is 5.50. The molecule has 0 unspecified atom stereocenters. The molecule has 0 saturated heterocycles. The maximum absolute atomic E-state index is 13.7. The van der Waals surface area contributed by atoms with E-state index in [0.29, 0.717) is 5.69 Å². The van der Waals surface area contributed by atoms with Crippen LogP contribution in [0.3, 0.4) is 0 Å². The molecule has 3 aromatic carbocycles. The van der Waals surface area contributed by atoms with Crippen LogP contribution in [0, 0.1) is 41.5 Å². The molecule has 0 bridgehead atoms. The van der Waals surface area contributed by atoms with Crippen LogP contribution in [0.5, 0.6) is 0 Å². The Hall–Kier alpha value is -3.12. The number of aryl methyl sites for hydroxylation is 6. The van der Waals surface area contributed by atoms with Crippen LogP contribution in [0.4, 0.5) is 5.69 Å². The average molecular weight is 479 g/mol. The molecule has 0 aliphatic rings. The van der Waals surface area contributed by atoms with Crippen LogP contribution in [0.1, 0.15) is 51.9 Å². The van der Waals surface area contributed by atoms with Crippen molar-refractivity contribution in [3.63, 3.8) is 0 Å². The summed E-state index contributed by atoms with van der Waals surface area (Å²) >= 11 is 0. The van der Waals surface area contributed by atoms with Gasteiger partial charge in [-0.2, -0.15) is 0 Å². The minimum Gasteiger partial charge on any atom is -0.348 e. The molecule has 3 rings (SSSR count).